The number of halogens is 1. The second-order valence-corrected chi connectivity index (χ2v) is 11.1. The van der Waals surface area contributed by atoms with Crippen LogP contribution in [0.1, 0.15) is 62.6 Å². The van der Waals surface area contributed by atoms with Gasteiger partial charge in [-0.05, 0) is 94.8 Å². The van der Waals surface area contributed by atoms with Gasteiger partial charge in [0, 0.05) is 24.7 Å². The first-order valence-electron chi connectivity index (χ1n) is 13.1. The lowest BCUT2D eigenvalue weighted by molar-refractivity contribution is 0.0180. The molecule has 8 nitrogen and oxygen atoms in total. The van der Waals surface area contributed by atoms with E-state index in [0.717, 1.165) is 62.2 Å². The van der Waals surface area contributed by atoms with Crippen LogP contribution < -0.4 is 4.74 Å². The molecule has 0 unspecified atom stereocenters. The zero-order valence-electron chi connectivity index (χ0n) is 22.5. The zero-order chi connectivity index (χ0) is 27.3. The largest absolute Gasteiger partial charge is 0.486 e. The van der Waals surface area contributed by atoms with Gasteiger partial charge in [-0.3, -0.25) is 0 Å². The van der Waals surface area contributed by atoms with Gasteiger partial charge in [-0.1, -0.05) is 11.6 Å². The van der Waals surface area contributed by atoms with E-state index in [-0.39, 0.29) is 18.7 Å². The quantitative estimate of drug-likeness (QED) is 0.303. The van der Waals surface area contributed by atoms with Crippen molar-refractivity contribution >= 4 is 34.7 Å². The van der Waals surface area contributed by atoms with Gasteiger partial charge >= 0.3 is 12.1 Å². The highest BCUT2D eigenvalue weighted by Gasteiger charge is 2.26. The summed E-state index contributed by atoms with van der Waals surface area (Å²) in [4.78, 5) is 31.1. The molecular weight excluding hydrogens is 506 g/mol. The Labute approximate surface area is 228 Å². The van der Waals surface area contributed by atoms with Crippen LogP contribution in [0.25, 0.3) is 11.0 Å². The van der Waals surface area contributed by atoms with Crippen molar-refractivity contribution in [1.29, 1.82) is 0 Å². The van der Waals surface area contributed by atoms with Crippen molar-refractivity contribution in [1.82, 2.24) is 14.5 Å². The summed E-state index contributed by atoms with van der Waals surface area (Å²) in [6.07, 6.45) is 3.67. The molecule has 9 heteroatoms. The Hall–Kier alpha value is -3.26. The van der Waals surface area contributed by atoms with E-state index in [4.69, 9.17) is 30.8 Å². The van der Waals surface area contributed by atoms with Gasteiger partial charge in [-0.15, -0.1) is 0 Å². The molecule has 0 radical (unpaired) electrons. The lowest BCUT2D eigenvalue weighted by Crippen LogP contribution is -2.41. The monoisotopic (exact) mass is 541 g/mol. The topological polar surface area (TPSA) is 82.9 Å². The number of likely N-dealkylation sites (tertiary alicyclic amines) is 1. The van der Waals surface area contributed by atoms with Crippen molar-refractivity contribution in [3.8, 4) is 5.75 Å². The number of ether oxygens (including phenoxy) is 3. The molecule has 1 saturated heterocycles. The van der Waals surface area contributed by atoms with Gasteiger partial charge in [-0.25, -0.2) is 14.6 Å². The van der Waals surface area contributed by atoms with Crippen LogP contribution in [0.15, 0.2) is 42.5 Å². The van der Waals surface area contributed by atoms with E-state index in [0.29, 0.717) is 22.3 Å². The number of esters is 1. The van der Waals surface area contributed by atoms with Crippen molar-refractivity contribution in [3.05, 3.63) is 58.9 Å². The number of aromatic nitrogens is 2. The summed E-state index contributed by atoms with van der Waals surface area (Å²) in [6.45, 7) is 8.14. The maximum Gasteiger partial charge on any atom is 0.410 e. The molecule has 2 heterocycles. The molecule has 1 aromatic heterocycles. The zero-order valence-corrected chi connectivity index (χ0v) is 23.3. The summed E-state index contributed by atoms with van der Waals surface area (Å²) in [5.41, 5.74) is 1.69. The van der Waals surface area contributed by atoms with E-state index in [9.17, 15) is 9.59 Å². The van der Waals surface area contributed by atoms with E-state index >= 15 is 0 Å². The Morgan fingerprint density at radius 1 is 1.08 bits per heavy atom. The van der Waals surface area contributed by atoms with Gasteiger partial charge in [-0.2, -0.15) is 0 Å². The van der Waals surface area contributed by atoms with E-state index < -0.39 is 5.60 Å². The Morgan fingerprint density at radius 2 is 1.79 bits per heavy atom. The van der Waals surface area contributed by atoms with Crippen LogP contribution in [-0.2, 0) is 22.6 Å². The van der Waals surface area contributed by atoms with Crippen molar-refractivity contribution in [2.75, 3.05) is 20.2 Å². The number of imidazole rings is 1. The molecule has 0 N–H and O–H groups in total. The highest BCUT2D eigenvalue weighted by molar-refractivity contribution is 6.30. The minimum absolute atomic E-state index is 0.229. The molecule has 0 atom stereocenters. The first kappa shape index (κ1) is 27.8. The number of benzene rings is 2. The Balaban J connectivity index is 1.42. The molecule has 3 aromatic rings. The van der Waals surface area contributed by atoms with Crippen LogP contribution in [0.5, 0.6) is 5.75 Å². The van der Waals surface area contributed by atoms with Gasteiger partial charge in [0.05, 0.1) is 23.7 Å². The predicted octanol–water partition coefficient (Wildman–Crippen LogP) is 6.48. The number of methoxy groups -OCH3 is 1. The number of aryl methyl sites for hydroxylation is 1. The number of piperidine rings is 1. The fraction of sp³-hybridized carbons (Fsp3) is 0.483. The molecule has 0 bridgehead atoms. The highest BCUT2D eigenvalue weighted by atomic mass is 35.5. The molecule has 1 aliphatic rings. The SMILES string of the molecule is COC(=O)c1ccc2nc(COc3ccc(Cl)cc3)n(CCCC3CCN(C(=O)OC(C)(C)C)CC3)c2c1. The van der Waals surface area contributed by atoms with E-state index in [1.165, 1.54) is 7.11 Å². The fourth-order valence-corrected chi connectivity index (χ4v) is 4.85. The molecule has 0 aliphatic carbocycles. The van der Waals surface area contributed by atoms with Crippen molar-refractivity contribution in [3.63, 3.8) is 0 Å². The third-order valence-corrected chi connectivity index (χ3v) is 6.94. The summed E-state index contributed by atoms with van der Waals surface area (Å²) < 4.78 is 18.6. The summed E-state index contributed by atoms with van der Waals surface area (Å²) in [5.74, 6) is 1.66. The summed E-state index contributed by atoms with van der Waals surface area (Å²) in [5, 5.41) is 0.650. The molecule has 4 rings (SSSR count). The number of rotatable bonds is 8. The Bertz CT molecular complexity index is 1260. The number of hydrogen-bond donors (Lipinski definition) is 0. The molecule has 204 valence electrons. The van der Waals surface area contributed by atoms with E-state index in [2.05, 4.69) is 4.57 Å². The molecule has 1 fully saturated rings. The second kappa shape index (κ2) is 12.1. The molecule has 1 aliphatic heterocycles. The van der Waals surface area contributed by atoms with E-state index in [1.807, 2.05) is 49.9 Å². The Kier molecular flexibility index (Phi) is 8.82. The summed E-state index contributed by atoms with van der Waals surface area (Å²) in [7, 11) is 1.38. The van der Waals surface area contributed by atoms with Crippen LogP contribution in [0.4, 0.5) is 4.79 Å². The van der Waals surface area contributed by atoms with Crippen LogP contribution in [0.3, 0.4) is 0 Å². The fourth-order valence-electron chi connectivity index (χ4n) is 4.72. The minimum atomic E-state index is -0.482. The number of carbonyl (C=O) groups excluding carboxylic acids is 2. The van der Waals surface area contributed by atoms with Crippen LogP contribution in [0.2, 0.25) is 5.02 Å². The maximum absolute atomic E-state index is 12.4. The normalized spacial score (nSPS) is 14.5. The average Bonchev–Trinajstić information content (AvgIpc) is 3.24. The smallest absolute Gasteiger partial charge is 0.410 e. The lowest BCUT2D eigenvalue weighted by atomic mass is 9.92. The molecule has 0 spiro atoms. The standard InChI is InChI=1S/C29H36ClN3O5/c1-29(2,3)38-28(35)32-16-13-20(14-17-32)6-5-15-33-25-18-21(27(34)36-4)7-12-24(25)31-26(33)19-37-23-10-8-22(30)9-11-23/h7-12,18,20H,5-6,13-17,19H2,1-4H3. The van der Waals surface area contributed by atoms with Crippen molar-refractivity contribution < 1.29 is 23.8 Å². The summed E-state index contributed by atoms with van der Waals surface area (Å²) >= 11 is 5.99. The van der Waals surface area contributed by atoms with Gasteiger partial charge in [0.2, 0.25) is 0 Å². The number of carbonyl (C=O) groups is 2. The molecular formula is C29H36ClN3O5. The highest BCUT2D eigenvalue weighted by Crippen LogP contribution is 2.26. The molecule has 38 heavy (non-hydrogen) atoms. The number of fused-ring (bicyclic) bond motifs is 1. The van der Waals surface area contributed by atoms with Crippen molar-refractivity contribution in [2.24, 2.45) is 5.92 Å². The second-order valence-electron chi connectivity index (χ2n) is 10.7. The van der Waals surface area contributed by atoms with Gasteiger partial charge in [0.25, 0.3) is 0 Å². The van der Waals surface area contributed by atoms with Crippen molar-refractivity contribution in [2.45, 2.75) is 65.2 Å². The Morgan fingerprint density at radius 3 is 2.45 bits per heavy atom. The van der Waals surface area contributed by atoms with Gasteiger partial charge in [0.15, 0.2) is 0 Å². The van der Waals surface area contributed by atoms with Gasteiger partial charge < -0.3 is 23.7 Å². The number of nitrogens with zero attached hydrogens (tertiary/aromatic N) is 3. The summed E-state index contributed by atoms with van der Waals surface area (Å²) in [6, 6.07) is 12.6. The van der Waals surface area contributed by atoms with Crippen LogP contribution >= 0.6 is 11.6 Å². The average molecular weight is 542 g/mol. The van der Waals surface area contributed by atoms with E-state index in [1.54, 1.807) is 18.2 Å². The number of hydrogen-bond acceptors (Lipinski definition) is 6. The third kappa shape index (κ3) is 7.19. The first-order chi connectivity index (χ1) is 18.1. The first-order valence-corrected chi connectivity index (χ1v) is 13.4. The van der Waals surface area contributed by atoms with Crippen LogP contribution in [-0.4, -0.2) is 52.3 Å². The maximum atomic E-state index is 12.4. The predicted molar refractivity (Wildman–Crippen MR) is 147 cm³/mol. The lowest BCUT2D eigenvalue weighted by Gasteiger charge is -2.33. The molecule has 0 saturated carbocycles. The van der Waals surface area contributed by atoms with Gasteiger partial charge in [0.1, 0.15) is 23.8 Å². The number of amides is 1. The minimum Gasteiger partial charge on any atom is -0.486 e. The molecule has 2 aromatic carbocycles. The van der Waals surface area contributed by atoms with Crippen LogP contribution in [0, 0.1) is 5.92 Å². The molecule has 1 amide bonds. The third-order valence-electron chi connectivity index (χ3n) is 6.69.